The molecule has 2 radical (unpaired) electrons. The summed E-state index contributed by atoms with van der Waals surface area (Å²) in [5.41, 5.74) is 0. The van der Waals surface area contributed by atoms with E-state index in [0.717, 1.165) is 0 Å². The lowest BCUT2D eigenvalue weighted by molar-refractivity contribution is -0.00256. The van der Waals surface area contributed by atoms with Crippen molar-refractivity contribution in [3.8, 4) is 0 Å². The van der Waals surface area contributed by atoms with Crippen LogP contribution < -0.4 is 0 Å². The molecule has 0 aromatic carbocycles. The Morgan fingerprint density at radius 2 is 1.82 bits per heavy atom. The SMILES string of the molecule is [B]C1OC(C(C)C)C(O)C1O. The predicted molar refractivity (Wildman–Crippen MR) is 41.3 cm³/mol. The summed E-state index contributed by atoms with van der Waals surface area (Å²) >= 11 is 0. The minimum Gasteiger partial charge on any atom is -0.388 e. The predicted octanol–water partition coefficient (Wildman–Crippen LogP) is -0.742. The van der Waals surface area contributed by atoms with Gasteiger partial charge in [0.25, 0.3) is 0 Å². The highest BCUT2D eigenvalue weighted by Crippen LogP contribution is 2.24. The van der Waals surface area contributed by atoms with Gasteiger partial charge in [-0.05, 0) is 5.92 Å². The second-order valence-corrected chi connectivity index (χ2v) is 3.29. The molecule has 4 unspecified atom stereocenters. The maximum Gasteiger partial charge on any atom is 0.112 e. The van der Waals surface area contributed by atoms with E-state index in [2.05, 4.69) is 0 Å². The molecule has 62 valence electrons. The fraction of sp³-hybridized carbons (Fsp3) is 1.00. The average molecular weight is 156 g/mol. The largest absolute Gasteiger partial charge is 0.388 e. The molecule has 0 bridgehead atoms. The monoisotopic (exact) mass is 156 g/mol. The van der Waals surface area contributed by atoms with Crippen molar-refractivity contribution in [3.63, 3.8) is 0 Å². The lowest BCUT2D eigenvalue weighted by Crippen LogP contribution is -2.34. The third-order valence-corrected chi connectivity index (χ3v) is 1.99. The van der Waals surface area contributed by atoms with Crippen LogP contribution in [0.1, 0.15) is 13.8 Å². The second kappa shape index (κ2) is 3.13. The molecule has 1 aliphatic heterocycles. The van der Waals surface area contributed by atoms with E-state index >= 15 is 0 Å². The van der Waals surface area contributed by atoms with Crippen LogP contribution in [0.25, 0.3) is 0 Å². The van der Waals surface area contributed by atoms with Gasteiger partial charge in [0.15, 0.2) is 0 Å². The first kappa shape index (κ1) is 9.04. The van der Waals surface area contributed by atoms with Gasteiger partial charge in [0, 0.05) is 6.00 Å². The number of hydrogen-bond donors (Lipinski definition) is 2. The van der Waals surface area contributed by atoms with Gasteiger partial charge in [-0.1, -0.05) is 13.8 Å². The number of hydrogen-bond acceptors (Lipinski definition) is 3. The zero-order valence-electron chi connectivity index (χ0n) is 6.77. The molecular formula is C7H13BO3. The fourth-order valence-corrected chi connectivity index (χ4v) is 1.28. The molecule has 11 heavy (non-hydrogen) atoms. The molecule has 1 heterocycles. The third kappa shape index (κ3) is 1.58. The smallest absolute Gasteiger partial charge is 0.112 e. The lowest BCUT2D eigenvalue weighted by Gasteiger charge is -2.17. The Hall–Kier alpha value is -0.0551. The van der Waals surface area contributed by atoms with Gasteiger partial charge in [-0.25, -0.2) is 0 Å². The number of ether oxygens (including phenoxy) is 1. The summed E-state index contributed by atoms with van der Waals surface area (Å²) in [4.78, 5) is 0. The van der Waals surface area contributed by atoms with Crippen LogP contribution in [-0.2, 0) is 4.74 Å². The zero-order valence-corrected chi connectivity index (χ0v) is 6.77. The van der Waals surface area contributed by atoms with E-state index in [9.17, 15) is 10.2 Å². The normalized spacial score (nSPS) is 45.2. The topological polar surface area (TPSA) is 49.7 Å². The molecule has 4 atom stereocenters. The van der Waals surface area contributed by atoms with Gasteiger partial charge >= 0.3 is 0 Å². The van der Waals surface area contributed by atoms with Crippen LogP contribution in [0.3, 0.4) is 0 Å². The first-order valence-corrected chi connectivity index (χ1v) is 3.81. The van der Waals surface area contributed by atoms with Gasteiger partial charge in [-0.3, -0.25) is 0 Å². The van der Waals surface area contributed by atoms with E-state index in [-0.39, 0.29) is 12.0 Å². The van der Waals surface area contributed by atoms with Crippen molar-refractivity contribution in [2.24, 2.45) is 5.92 Å². The molecule has 0 aromatic heterocycles. The van der Waals surface area contributed by atoms with E-state index in [4.69, 9.17) is 12.6 Å². The van der Waals surface area contributed by atoms with E-state index in [1.807, 2.05) is 13.8 Å². The Kier molecular flexibility index (Phi) is 2.57. The molecule has 2 N–H and O–H groups in total. The van der Waals surface area contributed by atoms with Crippen molar-refractivity contribution in [3.05, 3.63) is 0 Å². The molecule has 0 amide bonds. The van der Waals surface area contributed by atoms with Crippen LogP contribution in [0.2, 0.25) is 0 Å². The van der Waals surface area contributed by atoms with Crippen LogP contribution in [0.4, 0.5) is 0 Å². The minimum atomic E-state index is -0.942. The van der Waals surface area contributed by atoms with Gasteiger partial charge in [0.2, 0.25) is 0 Å². The maximum atomic E-state index is 9.34. The van der Waals surface area contributed by atoms with Crippen molar-refractivity contribution in [1.82, 2.24) is 0 Å². The molecule has 0 aliphatic carbocycles. The molecule has 1 saturated heterocycles. The van der Waals surface area contributed by atoms with Crippen molar-refractivity contribution in [2.45, 2.75) is 38.2 Å². The molecule has 4 heteroatoms. The first-order valence-electron chi connectivity index (χ1n) is 3.81. The van der Waals surface area contributed by atoms with Crippen LogP contribution in [0, 0.1) is 5.92 Å². The Balaban J connectivity index is 2.59. The highest BCUT2D eigenvalue weighted by Gasteiger charge is 2.40. The van der Waals surface area contributed by atoms with E-state index in [0.29, 0.717) is 0 Å². The molecule has 0 saturated carbocycles. The van der Waals surface area contributed by atoms with E-state index < -0.39 is 18.2 Å². The van der Waals surface area contributed by atoms with Crippen molar-refractivity contribution in [2.75, 3.05) is 0 Å². The summed E-state index contributed by atoms with van der Waals surface area (Å²) in [7, 11) is 5.36. The summed E-state index contributed by atoms with van der Waals surface area (Å²) in [6, 6.07) is -0.739. The van der Waals surface area contributed by atoms with Crippen LogP contribution >= 0.6 is 0 Å². The Bertz CT molecular complexity index is 140. The quantitative estimate of drug-likeness (QED) is 0.491. The average Bonchev–Trinajstić information content (AvgIpc) is 2.17. The molecular weight excluding hydrogens is 143 g/mol. The van der Waals surface area contributed by atoms with Gasteiger partial charge in [0.1, 0.15) is 14.0 Å². The second-order valence-electron chi connectivity index (χ2n) is 3.29. The molecule has 1 fully saturated rings. The molecule has 1 rings (SSSR count). The number of aliphatic hydroxyl groups excluding tert-OH is 2. The fourth-order valence-electron chi connectivity index (χ4n) is 1.28. The first-order chi connectivity index (χ1) is 5.04. The lowest BCUT2D eigenvalue weighted by atomic mass is 9.91. The number of rotatable bonds is 1. The zero-order chi connectivity index (χ0) is 8.59. The molecule has 0 spiro atoms. The Morgan fingerprint density at radius 1 is 1.27 bits per heavy atom. The standard InChI is InChI=1S/C7H13BO3/c1-3(2)6-4(9)5(10)7(8)11-6/h3-7,9-10H,1-2H3. The van der Waals surface area contributed by atoms with Crippen molar-refractivity contribution >= 4 is 7.85 Å². The summed E-state index contributed by atoms with van der Waals surface area (Å²) < 4.78 is 5.12. The van der Waals surface area contributed by atoms with Crippen LogP contribution in [0.15, 0.2) is 0 Å². The van der Waals surface area contributed by atoms with Crippen LogP contribution in [-0.4, -0.2) is 42.4 Å². The number of aliphatic hydroxyl groups is 2. The van der Waals surface area contributed by atoms with Gasteiger partial charge in [-0.2, -0.15) is 0 Å². The molecule has 0 aromatic rings. The summed E-state index contributed by atoms with van der Waals surface area (Å²) in [5.74, 6) is 0.174. The summed E-state index contributed by atoms with van der Waals surface area (Å²) in [6.07, 6.45) is -2.12. The van der Waals surface area contributed by atoms with Gasteiger partial charge in [-0.15, -0.1) is 0 Å². The maximum absolute atomic E-state index is 9.34. The van der Waals surface area contributed by atoms with E-state index in [1.165, 1.54) is 0 Å². The third-order valence-electron chi connectivity index (χ3n) is 1.99. The van der Waals surface area contributed by atoms with Gasteiger partial charge in [0.05, 0.1) is 12.2 Å². The Morgan fingerprint density at radius 3 is 2.00 bits per heavy atom. The Labute approximate surface area is 67.8 Å². The van der Waals surface area contributed by atoms with Crippen molar-refractivity contribution < 1.29 is 14.9 Å². The van der Waals surface area contributed by atoms with Crippen LogP contribution in [0.5, 0.6) is 0 Å². The summed E-state index contributed by atoms with van der Waals surface area (Å²) in [6.45, 7) is 3.83. The minimum absolute atomic E-state index is 0.174. The summed E-state index contributed by atoms with van der Waals surface area (Å²) in [5, 5.41) is 18.5. The molecule has 1 aliphatic rings. The van der Waals surface area contributed by atoms with Gasteiger partial charge < -0.3 is 14.9 Å². The highest BCUT2D eigenvalue weighted by atomic mass is 16.5. The molecule has 3 nitrogen and oxygen atoms in total. The van der Waals surface area contributed by atoms with E-state index in [1.54, 1.807) is 0 Å². The highest BCUT2D eigenvalue weighted by molar-refractivity contribution is 6.11. The van der Waals surface area contributed by atoms with Crippen molar-refractivity contribution in [1.29, 1.82) is 0 Å².